The number of benzene rings is 2. The number of ether oxygens (including phenoxy) is 3. The lowest BCUT2D eigenvalue weighted by Gasteiger charge is -2.21. The summed E-state index contributed by atoms with van der Waals surface area (Å²) < 4.78 is 17.2. The van der Waals surface area contributed by atoms with Gasteiger partial charge in [-0.25, -0.2) is 0 Å². The number of rotatable bonds is 2. The van der Waals surface area contributed by atoms with Crippen molar-refractivity contribution in [1.29, 1.82) is 0 Å². The Morgan fingerprint density at radius 1 is 1.05 bits per heavy atom. The molecule has 2 atom stereocenters. The van der Waals surface area contributed by atoms with Crippen molar-refractivity contribution in [2.45, 2.75) is 18.7 Å². The van der Waals surface area contributed by atoms with Gasteiger partial charge >= 0.3 is 0 Å². The first-order valence-electron chi connectivity index (χ1n) is 11.8. The van der Waals surface area contributed by atoms with Gasteiger partial charge in [-0.1, -0.05) is 12.1 Å². The van der Waals surface area contributed by atoms with Gasteiger partial charge in [0.15, 0.2) is 18.1 Å². The molecule has 0 aliphatic carbocycles. The molecule has 190 valence electrons. The van der Waals surface area contributed by atoms with Crippen LogP contribution in [-0.4, -0.2) is 66.6 Å². The van der Waals surface area contributed by atoms with E-state index >= 15 is 0 Å². The van der Waals surface area contributed by atoms with Crippen molar-refractivity contribution < 1.29 is 28.6 Å². The lowest BCUT2D eigenvalue weighted by molar-refractivity contribution is -0.123. The Balaban J connectivity index is 1.45. The molecule has 4 heterocycles. The van der Waals surface area contributed by atoms with Crippen LogP contribution in [0.1, 0.15) is 26.3 Å². The Bertz CT molecular complexity index is 1300. The molecule has 3 aliphatic heterocycles. The molecule has 10 heteroatoms. The zero-order valence-corrected chi connectivity index (χ0v) is 20.2. The molecule has 1 aromatic heterocycles. The number of aromatic nitrogens is 1. The Kier molecular flexibility index (Phi) is 6.89. The standard InChI is InChI=1S/C27H26N4O6/c1-35-22-7-4-19-12-23(22)36-16-25(32)29-13-17-2-5-20(6-3-17)37-24-15-31(14-21(24)30-26(19)33)27(34)18-8-10-28-11-9-18/h2-12,21,24H,13-16H2,1H3,(H,29,32)(H,30,33)/t21-,24-/m0/s1. The maximum atomic E-state index is 13.2. The molecule has 0 unspecified atom stereocenters. The van der Waals surface area contributed by atoms with Crippen molar-refractivity contribution in [1.82, 2.24) is 20.5 Å². The number of amides is 3. The highest BCUT2D eigenvalue weighted by Crippen LogP contribution is 2.29. The SMILES string of the molecule is COc1ccc2cc1OCC(=O)NCc1ccc(cc1)O[C@H]1CN(C(=O)c3ccncc3)C[C@@H]1NC2=O. The van der Waals surface area contributed by atoms with Crippen LogP contribution in [0.5, 0.6) is 17.2 Å². The molecule has 2 aromatic carbocycles. The van der Waals surface area contributed by atoms with Crippen molar-refractivity contribution in [2.24, 2.45) is 0 Å². The van der Waals surface area contributed by atoms with Gasteiger partial charge in [0.1, 0.15) is 11.9 Å². The van der Waals surface area contributed by atoms with Gasteiger partial charge in [-0.3, -0.25) is 19.4 Å². The second-order valence-corrected chi connectivity index (χ2v) is 8.76. The normalized spacial score (nSPS) is 19.5. The molecule has 10 nitrogen and oxygen atoms in total. The highest BCUT2D eigenvalue weighted by atomic mass is 16.5. The summed E-state index contributed by atoms with van der Waals surface area (Å²) in [5.41, 5.74) is 1.72. The second-order valence-electron chi connectivity index (χ2n) is 8.76. The van der Waals surface area contributed by atoms with Crippen molar-refractivity contribution in [3.05, 3.63) is 83.7 Å². The third kappa shape index (κ3) is 5.48. The minimum atomic E-state index is -0.482. The average molecular weight is 503 g/mol. The largest absolute Gasteiger partial charge is 0.493 e. The minimum absolute atomic E-state index is 0.166. The number of pyridine rings is 1. The number of hydrogen-bond donors (Lipinski definition) is 2. The molecule has 3 aromatic rings. The predicted octanol–water partition coefficient (Wildman–Crippen LogP) is 1.80. The summed E-state index contributed by atoms with van der Waals surface area (Å²) in [7, 11) is 1.48. The van der Waals surface area contributed by atoms with E-state index in [1.807, 2.05) is 12.1 Å². The molecule has 0 radical (unpaired) electrons. The summed E-state index contributed by atoms with van der Waals surface area (Å²) in [4.78, 5) is 44.3. The van der Waals surface area contributed by atoms with Gasteiger partial charge in [0.05, 0.1) is 19.7 Å². The molecular formula is C27H26N4O6. The van der Waals surface area contributed by atoms with Crippen LogP contribution in [0.3, 0.4) is 0 Å². The third-order valence-corrected chi connectivity index (χ3v) is 6.28. The van der Waals surface area contributed by atoms with Crippen molar-refractivity contribution in [2.75, 3.05) is 26.8 Å². The van der Waals surface area contributed by atoms with E-state index in [1.165, 1.54) is 13.2 Å². The number of hydrogen-bond acceptors (Lipinski definition) is 7. The average Bonchev–Trinajstić information content (AvgIpc) is 3.32. The fraction of sp³-hybridized carbons (Fsp3) is 0.259. The summed E-state index contributed by atoms with van der Waals surface area (Å²) >= 11 is 0. The molecule has 6 rings (SSSR count). The van der Waals surface area contributed by atoms with Gasteiger partial charge < -0.3 is 29.7 Å². The number of carbonyl (C=O) groups excluding carboxylic acids is 3. The molecule has 37 heavy (non-hydrogen) atoms. The summed E-state index contributed by atoms with van der Waals surface area (Å²) in [6.45, 7) is 0.647. The maximum absolute atomic E-state index is 13.2. The Morgan fingerprint density at radius 2 is 1.84 bits per heavy atom. The molecule has 1 saturated heterocycles. The minimum Gasteiger partial charge on any atom is -0.493 e. The fourth-order valence-corrected chi connectivity index (χ4v) is 4.31. The van der Waals surface area contributed by atoms with Gasteiger partial charge in [-0.05, 0) is 48.0 Å². The maximum Gasteiger partial charge on any atom is 0.258 e. The van der Waals surface area contributed by atoms with Gasteiger partial charge in [0, 0.05) is 36.6 Å². The smallest absolute Gasteiger partial charge is 0.258 e. The van der Waals surface area contributed by atoms with Crippen LogP contribution in [0.15, 0.2) is 67.0 Å². The number of fused-ring (bicyclic) bond motifs is 7. The molecule has 4 bridgehead atoms. The van der Waals surface area contributed by atoms with E-state index in [0.717, 1.165) is 5.56 Å². The zero-order chi connectivity index (χ0) is 25.8. The van der Waals surface area contributed by atoms with Gasteiger partial charge in [-0.15, -0.1) is 0 Å². The molecule has 3 aliphatic rings. The molecule has 1 fully saturated rings. The number of likely N-dealkylation sites (tertiary alicyclic amines) is 1. The van der Waals surface area contributed by atoms with Crippen LogP contribution >= 0.6 is 0 Å². The summed E-state index contributed by atoms with van der Waals surface area (Å²) in [5, 5.41) is 5.81. The van der Waals surface area contributed by atoms with E-state index in [9.17, 15) is 14.4 Å². The Hall–Kier alpha value is -4.60. The lowest BCUT2D eigenvalue weighted by Crippen LogP contribution is -2.45. The van der Waals surface area contributed by atoms with E-state index in [4.69, 9.17) is 14.2 Å². The predicted molar refractivity (Wildman–Crippen MR) is 133 cm³/mol. The molecular weight excluding hydrogens is 476 g/mol. The lowest BCUT2D eigenvalue weighted by atomic mass is 10.1. The number of methoxy groups -OCH3 is 1. The topological polar surface area (TPSA) is 119 Å². The van der Waals surface area contributed by atoms with Gasteiger partial charge in [0.25, 0.3) is 17.7 Å². The Labute approximate surface area is 213 Å². The van der Waals surface area contributed by atoms with Crippen LogP contribution in [0.2, 0.25) is 0 Å². The first-order chi connectivity index (χ1) is 18.0. The van der Waals surface area contributed by atoms with Crippen molar-refractivity contribution in [3.8, 4) is 17.2 Å². The van der Waals surface area contributed by atoms with E-state index in [-0.39, 0.29) is 36.6 Å². The van der Waals surface area contributed by atoms with E-state index in [1.54, 1.807) is 53.7 Å². The highest BCUT2D eigenvalue weighted by Gasteiger charge is 2.38. The quantitative estimate of drug-likeness (QED) is 0.549. The zero-order valence-electron chi connectivity index (χ0n) is 20.2. The highest BCUT2D eigenvalue weighted by molar-refractivity contribution is 5.96. The first-order valence-corrected chi connectivity index (χ1v) is 11.8. The monoisotopic (exact) mass is 502 g/mol. The van der Waals surface area contributed by atoms with Crippen LogP contribution in [0.25, 0.3) is 0 Å². The number of nitrogens with one attached hydrogen (secondary N) is 2. The van der Waals surface area contributed by atoms with Crippen molar-refractivity contribution >= 4 is 17.7 Å². The van der Waals surface area contributed by atoms with E-state index in [0.29, 0.717) is 35.7 Å². The molecule has 0 spiro atoms. The summed E-state index contributed by atoms with van der Waals surface area (Å²) in [6, 6.07) is 14.9. The van der Waals surface area contributed by atoms with Crippen molar-refractivity contribution in [3.63, 3.8) is 0 Å². The van der Waals surface area contributed by atoms with E-state index < -0.39 is 12.1 Å². The Morgan fingerprint density at radius 3 is 2.59 bits per heavy atom. The third-order valence-electron chi connectivity index (χ3n) is 6.28. The van der Waals surface area contributed by atoms with E-state index in [2.05, 4.69) is 15.6 Å². The summed E-state index contributed by atoms with van der Waals surface area (Å²) in [6.07, 6.45) is 2.65. The number of carbonyl (C=O) groups is 3. The van der Waals surface area contributed by atoms with Gasteiger partial charge in [-0.2, -0.15) is 0 Å². The van der Waals surface area contributed by atoms with Crippen LogP contribution in [-0.2, 0) is 11.3 Å². The van der Waals surface area contributed by atoms with Crippen LogP contribution in [0.4, 0.5) is 0 Å². The second kappa shape index (κ2) is 10.6. The molecule has 3 amide bonds. The van der Waals surface area contributed by atoms with Crippen LogP contribution < -0.4 is 24.8 Å². The number of nitrogens with zero attached hydrogens (tertiary/aromatic N) is 2. The summed E-state index contributed by atoms with van der Waals surface area (Å²) in [5.74, 6) is 0.419. The fourth-order valence-electron chi connectivity index (χ4n) is 4.31. The molecule has 2 N–H and O–H groups in total. The van der Waals surface area contributed by atoms with Crippen LogP contribution in [0, 0.1) is 0 Å². The van der Waals surface area contributed by atoms with Gasteiger partial charge in [0.2, 0.25) is 0 Å². The molecule has 0 saturated carbocycles. The first kappa shape index (κ1) is 24.1.